The highest BCUT2D eigenvalue weighted by atomic mass is 35.5. The highest BCUT2D eigenvalue weighted by Crippen LogP contribution is 2.26. The van der Waals surface area contributed by atoms with E-state index in [1.165, 1.54) is 18.2 Å². The van der Waals surface area contributed by atoms with Crippen molar-refractivity contribution < 1.29 is 9.18 Å². The average Bonchev–Trinajstić information content (AvgIpc) is 2.70. The van der Waals surface area contributed by atoms with Gasteiger partial charge >= 0.3 is 0 Å². The van der Waals surface area contributed by atoms with Crippen LogP contribution in [0.25, 0.3) is 0 Å². The van der Waals surface area contributed by atoms with E-state index >= 15 is 0 Å². The lowest BCUT2D eigenvalue weighted by molar-refractivity contribution is -0.118. The van der Waals surface area contributed by atoms with Gasteiger partial charge in [0.25, 0.3) is 0 Å². The average molecular weight is 255 g/mol. The second-order valence-electron chi connectivity index (χ2n) is 3.98. The lowest BCUT2D eigenvalue weighted by Gasteiger charge is -2.12. The molecule has 1 aliphatic rings. The Morgan fingerprint density at radius 3 is 2.82 bits per heavy atom. The number of rotatable bonds is 2. The van der Waals surface area contributed by atoms with Crippen LogP contribution in [0.4, 0.5) is 10.1 Å². The Hall–Kier alpha value is -1.39. The molecule has 0 fully saturated rings. The monoisotopic (exact) mass is 254 g/mol. The molecule has 17 heavy (non-hydrogen) atoms. The zero-order valence-corrected chi connectivity index (χ0v) is 9.75. The van der Waals surface area contributed by atoms with Crippen molar-refractivity contribution in [1.82, 2.24) is 0 Å². The number of halogens is 2. The molecule has 0 aromatic heterocycles. The van der Waals surface area contributed by atoms with E-state index in [2.05, 4.69) is 5.32 Å². The molecule has 1 aliphatic carbocycles. The Labute approximate surface area is 103 Å². The molecule has 1 aromatic rings. The Morgan fingerprint density at radius 2 is 2.24 bits per heavy atom. The van der Waals surface area contributed by atoms with Crippen molar-refractivity contribution in [2.45, 2.75) is 12.5 Å². The fourth-order valence-electron chi connectivity index (χ4n) is 1.75. The van der Waals surface area contributed by atoms with E-state index in [1.807, 2.05) is 0 Å². The quantitative estimate of drug-likeness (QED) is 0.796. The SMILES string of the molecule is NC1C=CC(C(=O)Nc2c(F)cccc2Cl)C1. The molecule has 90 valence electrons. The van der Waals surface area contributed by atoms with Gasteiger partial charge in [0.1, 0.15) is 5.82 Å². The molecule has 3 nitrogen and oxygen atoms in total. The van der Waals surface area contributed by atoms with Crippen molar-refractivity contribution in [3.05, 3.63) is 41.2 Å². The molecule has 3 N–H and O–H groups in total. The summed E-state index contributed by atoms with van der Waals surface area (Å²) in [6, 6.07) is 4.15. The standard InChI is InChI=1S/C12H12ClFN2O/c13-9-2-1-3-10(14)11(9)16-12(17)7-4-5-8(15)6-7/h1-5,7-8H,6,15H2,(H,16,17). The highest BCUT2D eigenvalue weighted by molar-refractivity contribution is 6.33. The summed E-state index contributed by atoms with van der Waals surface area (Å²) in [5.41, 5.74) is 5.67. The van der Waals surface area contributed by atoms with Crippen molar-refractivity contribution in [3.63, 3.8) is 0 Å². The third-order valence-corrected chi connectivity index (χ3v) is 2.98. The van der Waals surface area contributed by atoms with Crippen molar-refractivity contribution in [2.75, 3.05) is 5.32 Å². The fraction of sp³-hybridized carbons (Fsp3) is 0.250. The number of carbonyl (C=O) groups excluding carboxylic acids is 1. The number of amides is 1. The molecule has 1 aromatic carbocycles. The van der Waals surface area contributed by atoms with Crippen LogP contribution in [0.2, 0.25) is 5.02 Å². The van der Waals surface area contributed by atoms with E-state index in [4.69, 9.17) is 17.3 Å². The van der Waals surface area contributed by atoms with Crippen molar-refractivity contribution >= 4 is 23.2 Å². The molecule has 0 radical (unpaired) electrons. The first-order chi connectivity index (χ1) is 8.08. The van der Waals surface area contributed by atoms with E-state index in [-0.39, 0.29) is 28.6 Å². The van der Waals surface area contributed by atoms with E-state index in [9.17, 15) is 9.18 Å². The third kappa shape index (κ3) is 2.65. The maximum atomic E-state index is 13.4. The molecule has 0 spiro atoms. The Kier molecular flexibility index (Phi) is 3.45. The fourth-order valence-corrected chi connectivity index (χ4v) is 1.97. The lowest BCUT2D eigenvalue weighted by Crippen LogP contribution is -2.24. The predicted molar refractivity (Wildman–Crippen MR) is 65.3 cm³/mol. The van der Waals surface area contributed by atoms with Crippen LogP contribution in [0.5, 0.6) is 0 Å². The van der Waals surface area contributed by atoms with E-state index in [0.717, 1.165) is 0 Å². The molecule has 0 saturated carbocycles. The number of nitrogens with two attached hydrogens (primary N) is 1. The van der Waals surface area contributed by atoms with Crippen LogP contribution in [-0.2, 0) is 4.79 Å². The van der Waals surface area contributed by atoms with Crippen molar-refractivity contribution in [2.24, 2.45) is 11.7 Å². The summed E-state index contributed by atoms with van der Waals surface area (Å²) in [6.07, 6.45) is 4.04. The number of carbonyl (C=O) groups is 1. The number of anilines is 1. The number of hydrogen-bond donors (Lipinski definition) is 2. The van der Waals surface area contributed by atoms with Crippen molar-refractivity contribution in [1.29, 1.82) is 0 Å². The molecular weight excluding hydrogens is 243 g/mol. The minimum atomic E-state index is -0.544. The number of nitrogens with one attached hydrogen (secondary N) is 1. The lowest BCUT2D eigenvalue weighted by atomic mass is 10.1. The topological polar surface area (TPSA) is 55.1 Å². The summed E-state index contributed by atoms with van der Waals surface area (Å²) in [7, 11) is 0. The van der Waals surface area contributed by atoms with Gasteiger partial charge in [0.2, 0.25) is 5.91 Å². The maximum Gasteiger partial charge on any atom is 0.231 e. The molecular formula is C12H12ClFN2O. The van der Waals surface area contributed by atoms with Gasteiger partial charge in [-0.3, -0.25) is 4.79 Å². The third-order valence-electron chi connectivity index (χ3n) is 2.66. The van der Waals surface area contributed by atoms with Gasteiger partial charge in [0.05, 0.1) is 16.6 Å². The molecule has 2 unspecified atom stereocenters. The van der Waals surface area contributed by atoms with Gasteiger partial charge in [-0.2, -0.15) is 0 Å². The second-order valence-corrected chi connectivity index (χ2v) is 4.38. The Bertz CT molecular complexity index is 455. The van der Waals surface area contributed by atoms with Crippen LogP contribution in [0, 0.1) is 11.7 Å². The van der Waals surface area contributed by atoms with Crippen LogP contribution in [0.15, 0.2) is 30.4 Å². The van der Waals surface area contributed by atoms with Crippen LogP contribution in [-0.4, -0.2) is 11.9 Å². The second kappa shape index (κ2) is 4.85. The molecule has 5 heteroatoms. The number of benzene rings is 1. The van der Waals surface area contributed by atoms with E-state index in [0.29, 0.717) is 6.42 Å². The largest absolute Gasteiger partial charge is 0.324 e. The highest BCUT2D eigenvalue weighted by Gasteiger charge is 2.23. The van der Waals surface area contributed by atoms with Crippen LogP contribution in [0.3, 0.4) is 0 Å². The number of hydrogen-bond acceptors (Lipinski definition) is 2. The van der Waals surface area contributed by atoms with E-state index < -0.39 is 5.82 Å². The van der Waals surface area contributed by atoms with Gasteiger partial charge in [-0.05, 0) is 18.6 Å². The van der Waals surface area contributed by atoms with Gasteiger partial charge in [-0.15, -0.1) is 0 Å². The van der Waals surface area contributed by atoms with Crippen LogP contribution < -0.4 is 11.1 Å². The summed E-state index contributed by atoms with van der Waals surface area (Å²) in [6.45, 7) is 0. The zero-order valence-electron chi connectivity index (χ0n) is 8.99. The molecule has 0 aliphatic heterocycles. The minimum absolute atomic E-state index is 0.0213. The van der Waals surface area contributed by atoms with Gasteiger partial charge in [-0.25, -0.2) is 4.39 Å². The van der Waals surface area contributed by atoms with Gasteiger partial charge in [0, 0.05) is 6.04 Å². The summed E-state index contributed by atoms with van der Waals surface area (Å²) in [4.78, 5) is 11.8. The first-order valence-electron chi connectivity index (χ1n) is 5.26. The molecule has 0 saturated heterocycles. The summed E-state index contributed by atoms with van der Waals surface area (Å²) >= 11 is 5.81. The van der Waals surface area contributed by atoms with Crippen molar-refractivity contribution in [3.8, 4) is 0 Å². The van der Waals surface area contributed by atoms with Gasteiger partial charge < -0.3 is 11.1 Å². The van der Waals surface area contributed by atoms with E-state index in [1.54, 1.807) is 12.2 Å². The van der Waals surface area contributed by atoms with Gasteiger partial charge in [0.15, 0.2) is 0 Å². The van der Waals surface area contributed by atoms with Gasteiger partial charge in [-0.1, -0.05) is 29.8 Å². The first-order valence-corrected chi connectivity index (χ1v) is 5.64. The Morgan fingerprint density at radius 1 is 1.47 bits per heavy atom. The normalized spacial score (nSPS) is 22.8. The summed E-state index contributed by atoms with van der Waals surface area (Å²) < 4.78 is 13.4. The smallest absolute Gasteiger partial charge is 0.231 e. The number of para-hydroxylation sites is 1. The molecule has 0 heterocycles. The minimum Gasteiger partial charge on any atom is -0.324 e. The van der Waals surface area contributed by atoms with Crippen LogP contribution >= 0.6 is 11.6 Å². The molecule has 0 bridgehead atoms. The Balaban J connectivity index is 2.11. The summed E-state index contributed by atoms with van der Waals surface area (Å²) in [5.74, 6) is -1.15. The molecule has 2 atom stereocenters. The maximum absolute atomic E-state index is 13.4. The van der Waals surface area contributed by atoms with Crippen LogP contribution in [0.1, 0.15) is 6.42 Å². The zero-order chi connectivity index (χ0) is 12.4. The molecule has 2 rings (SSSR count). The molecule has 1 amide bonds. The summed E-state index contributed by atoms with van der Waals surface area (Å²) in [5, 5.41) is 2.67. The first kappa shape index (κ1) is 12.1. The predicted octanol–water partition coefficient (Wildman–Crippen LogP) is 2.32.